The number of hydrogen-bond acceptors (Lipinski definition) is 10. The Balaban J connectivity index is 1.19. The maximum Gasteiger partial charge on any atom is 0.573 e. The van der Waals surface area contributed by atoms with E-state index in [4.69, 9.17) is 16.6 Å². The summed E-state index contributed by atoms with van der Waals surface area (Å²) in [6.07, 6.45) is -3.89. The SMILES string of the molecule is COC(=O)NCC(=O)N1C[C@@H](C)C[C@H]1c1nc(-c2ccc(-c3cc(Cl)c(NC(=O)c4ccc(N5CCN(C(=O)C(C)(C)C)C[C@H]5C)nc4)cc3OC(F)(F)F)cc2)c(CO)[nH]1. The van der Waals surface area contributed by atoms with Crippen LogP contribution in [0.1, 0.15) is 69.0 Å². The summed E-state index contributed by atoms with van der Waals surface area (Å²) >= 11 is 6.58. The number of pyridine rings is 1. The summed E-state index contributed by atoms with van der Waals surface area (Å²) in [5.74, 6) is -0.407. The minimum absolute atomic E-state index is 0.0175. The number of likely N-dealkylation sites (tertiary alicyclic amines) is 1. The third-order valence-corrected chi connectivity index (χ3v) is 10.9. The van der Waals surface area contributed by atoms with E-state index < -0.39 is 42.2 Å². The van der Waals surface area contributed by atoms with Gasteiger partial charge >= 0.3 is 12.5 Å². The van der Waals surface area contributed by atoms with Crippen molar-refractivity contribution in [3.05, 3.63) is 76.8 Å². The zero-order valence-corrected chi connectivity index (χ0v) is 35.3. The van der Waals surface area contributed by atoms with E-state index in [1.54, 1.807) is 41.3 Å². The van der Waals surface area contributed by atoms with Gasteiger partial charge in [0.25, 0.3) is 5.91 Å². The number of imidazole rings is 1. The van der Waals surface area contributed by atoms with Gasteiger partial charge in [-0.25, -0.2) is 14.8 Å². The molecule has 2 aromatic carbocycles. The Morgan fingerprint density at radius 3 is 2.31 bits per heavy atom. The lowest BCUT2D eigenvalue weighted by atomic mass is 9.94. The molecule has 0 aliphatic carbocycles. The molecule has 4 heterocycles. The number of halogens is 4. The molecule has 15 nitrogen and oxygen atoms in total. The molecular weight excluding hydrogens is 821 g/mol. The van der Waals surface area contributed by atoms with Gasteiger partial charge in [-0.15, -0.1) is 13.2 Å². The second kappa shape index (κ2) is 18.0. The number of anilines is 2. The normalized spacial score (nSPS) is 18.2. The Hall–Kier alpha value is -5.88. The number of alkyl carbamates (subject to hydrolysis) is 1. The minimum atomic E-state index is -5.09. The Morgan fingerprint density at radius 1 is 1.00 bits per heavy atom. The van der Waals surface area contributed by atoms with Crippen LogP contribution in [0.2, 0.25) is 5.02 Å². The fourth-order valence-corrected chi connectivity index (χ4v) is 7.79. The van der Waals surface area contributed by atoms with E-state index in [9.17, 15) is 37.5 Å². The van der Waals surface area contributed by atoms with Crippen LogP contribution in [0.4, 0.5) is 29.5 Å². The van der Waals surface area contributed by atoms with Gasteiger partial charge < -0.3 is 44.9 Å². The summed E-state index contributed by atoms with van der Waals surface area (Å²) in [7, 11) is 1.19. The van der Waals surface area contributed by atoms with Crippen LogP contribution < -0.4 is 20.3 Å². The van der Waals surface area contributed by atoms with Gasteiger partial charge in [0.15, 0.2) is 0 Å². The first-order chi connectivity index (χ1) is 28.8. The molecule has 2 aliphatic heterocycles. The first kappa shape index (κ1) is 44.7. The van der Waals surface area contributed by atoms with Gasteiger partial charge in [-0.3, -0.25) is 14.4 Å². The van der Waals surface area contributed by atoms with Crippen LogP contribution in [0.3, 0.4) is 0 Å². The quantitative estimate of drug-likeness (QED) is 0.133. The van der Waals surface area contributed by atoms with E-state index in [-0.39, 0.29) is 52.2 Å². The lowest BCUT2D eigenvalue weighted by molar-refractivity contribution is -0.274. The van der Waals surface area contributed by atoms with Crippen LogP contribution in [0, 0.1) is 11.3 Å². The number of benzene rings is 2. The molecule has 0 spiro atoms. The van der Waals surface area contributed by atoms with Crippen molar-refractivity contribution in [2.24, 2.45) is 11.3 Å². The van der Waals surface area contributed by atoms with Gasteiger partial charge in [0.1, 0.15) is 23.9 Å². The molecule has 2 saturated heterocycles. The number of rotatable bonds is 10. The molecule has 2 fully saturated rings. The third-order valence-electron chi connectivity index (χ3n) is 10.5. The molecular formula is C42H48ClF3N8O7. The average molecular weight is 869 g/mol. The summed E-state index contributed by atoms with van der Waals surface area (Å²) in [4.78, 5) is 68.5. The molecule has 4 amide bonds. The number of aliphatic hydroxyl groups excluding tert-OH is 1. The van der Waals surface area contributed by atoms with Crippen molar-refractivity contribution in [2.75, 3.05) is 50.1 Å². The molecule has 326 valence electrons. The Morgan fingerprint density at radius 2 is 1.70 bits per heavy atom. The summed E-state index contributed by atoms with van der Waals surface area (Å²) < 4.78 is 50.3. The molecule has 4 N–H and O–H groups in total. The number of aromatic amines is 1. The Labute approximate surface area is 355 Å². The van der Waals surface area contributed by atoms with Gasteiger partial charge in [-0.1, -0.05) is 63.6 Å². The van der Waals surface area contributed by atoms with E-state index >= 15 is 0 Å². The van der Waals surface area contributed by atoms with Crippen LogP contribution in [-0.2, 0) is 20.9 Å². The van der Waals surface area contributed by atoms with Crippen molar-refractivity contribution >= 4 is 46.9 Å². The Kier molecular flexibility index (Phi) is 13.2. The number of H-pyrrole nitrogens is 1. The number of methoxy groups -OCH3 is 1. The highest BCUT2D eigenvalue weighted by Gasteiger charge is 2.37. The van der Waals surface area contributed by atoms with Crippen LogP contribution >= 0.6 is 11.6 Å². The highest BCUT2D eigenvalue weighted by atomic mass is 35.5. The zero-order chi connectivity index (χ0) is 44.4. The predicted octanol–water partition coefficient (Wildman–Crippen LogP) is 6.78. The van der Waals surface area contributed by atoms with E-state index in [1.165, 1.54) is 19.4 Å². The standard InChI is InChI=1S/C42H48ClF3N8O7/c1-23-15-32(54(20-23)35(56)19-48-40(59)60-6)37-49-31(22-55)36(51-37)26-9-7-25(8-10-26)28-16-29(43)30(17-33(28)61-42(44,45)46)50-38(57)27-11-12-34(47-18-27)53-14-13-52(21-24(53)2)39(58)41(3,4)5/h7-12,16-18,23-24,32,55H,13-15,19-22H2,1-6H3,(H,48,59)(H,49,51)(H,50,57)/t23-,24+,32-/m0/s1. The van der Waals surface area contributed by atoms with Crippen molar-refractivity contribution in [1.82, 2.24) is 30.1 Å². The molecule has 2 aromatic heterocycles. The van der Waals surface area contributed by atoms with E-state index in [1.807, 2.05) is 44.4 Å². The first-order valence-corrected chi connectivity index (χ1v) is 20.0. The van der Waals surface area contributed by atoms with Gasteiger partial charge in [0, 0.05) is 61.0 Å². The predicted molar refractivity (Wildman–Crippen MR) is 221 cm³/mol. The largest absolute Gasteiger partial charge is 0.573 e. The van der Waals surface area contributed by atoms with Crippen LogP contribution in [0.5, 0.6) is 5.75 Å². The number of nitrogens with zero attached hydrogens (tertiary/aromatic N) is 5. The van der Waals surface area contributed by atoms with Gasteiger partial charge in [0.2, 0.25) is 11.8 Å². The number of amides is 4. The van der Waals surface area contributed by atoms with Crippen LogP contribution in [0.15, 0.2) is 54.7 Å². The molecule has 0 saturated carbocycles. The molecule has 61 heavy (non-hydrogen) atoms. The first-order valence-electron chi connectivity index (χ1n) is 19.6. The number of ether oxygens (including phenoxy) is 2. The number of piperazine rings is 1. The average Bonchev–Trinajstić information content (AvgIpc) is 3.83. The molecule has 0 bridgehead atoms. The van der Waals surface area contributed by atoms with Gasteiger partial charge in [-0.2, -0.15) is 0 Å². The number of carbonyl (C=O) groups excluding carboxylic acids is 4. The van der Waals surface area contributed by atoms with Gasteiger partial charge in [0.05, 0.1) is 47.4 Å². The molecule has 0 radical (unpaired) electrons. The molecule has 19 heteroatoms. The smallest absolute Gasteiger partial charge is 0.453 e. The molecule has 6 rings (SSSR count). The van der Waals surface area contributed by atoms with Crippen molar-refractivity contribution in [3.63, 3.8) is 0 Å². The second-order valence-electron chi connectivity index (χ2n) is 16.2. The van der Waals surface area contributed by atoms with Crippen molar-refractivity contribution in [1.29, 1.82) is 0 Å². The highest BCUT2D eigenvalue weighted by molar-refractivity contribution is 6.34. The molecule has 0 unspecified atom stereocenters. The van der Waals surface area contributed by atoms with E-state index in [2.05, 4.69) is 30.1 Å². The molecule has 3 atom stereocenters. The maximum atomic E-state index is 13.8. The summed E-state index contributed by atoms with van der Waals surface area (Å²) in [5.41, 5.74) is 1.03. The summed E-state index contributed by atoms with van der Waals surface area (Å²) in [6, 6.07) is 11.3. The third kappa shape index (κ3) is 10.4. The van der Waals surface area contributed by atoms with Crippen molar-refractivity contribution in [2.45, 2.75) is 66.1 Å². The monoisotopic (exact) mass is 868 g/mol. The lowest BCUT2D eigenvalue weighted by Gasteiger charge is -2.42. The number of alkyl halides is 3. The van der Waals surface area contributed by atoms with Crippen molar-refractivity contribution in [3.8, 4) is 28.1 Å². The summed E-state index contributed by atoms with van der Waals surface area (Å²) in [6.45, 7) is 10.9. The van der Waals surface area contributed by atoms with Crippen molar-refractivity contribution < 1.29 is 46.9 Å². The topological polar surface area (TPSA) is 182 Å². The fourth-order valence-electron chi connectivity index (χ4n) is 7.58. The number of nitrogens with one attached hydrogen (secondary N) is 3. The minimum Gasteiger partial charge on any atom is -0.453 e. The second-order valence-corrected chi connectivity index (χ2v) is 16.6. The van der Waals surface area contributed by atoms with Crippen LogP contribution in [0.25, 0.3) is 22.4 Å². The number of aromatic nitrogens is 3. The lowest BCUT2D eigenvalue weighted by Crippen LogP contribution is -2.56. The number of carbonyl (C=O) groups is 4. The Bertz CT molecular complexity index is 2260. The zero-order valence-electron chi connectivity index (χ0n) is 34.5. The van der Waals surface area contributed by atoms with E-state index in [0.717, 1.165) is 6.07 Å². The van der Waals surface area contributed by atoms with E-state index in [0.29, 0.717) is 66.8 Å². The number of aliphatic hydroxyl groups is 1. The highest BCUT2D eigenvalue weighted by Crippen LogP contribution is 2.41. The molecule has 2 aliphatic rings. The van der Waals surface area contributed by atoms with Crippen LogP contribution in [-0.4, -0.2) is 106 Å². The fraction of sp³-hybridized carbons (Fsp3) is 0.429. The number of hydrogen-bond donors (Lipinski definition) is 4. The maximum absolute atomic E-state index is 13.8. The summed E-state index contributed by atoms with van der Waals surface area (Å²) in [5, 5.41) is 15.1. The van der Waals surface area contributed by atoms with Gasteiger partial charge in [-0.05, 0) is 43.0 Å². The molecule has 4 aromatic rings.